The van der Waals surface area contributed by atoms with Gasteiger partial charge in [0.25, 0.3) is 5.91 Å². The van der Waals surface area contributed by atoms with Gasteiger partial charge in [-0.3, -0.25) is 19.1 Å². The van der Waals surface area contributed by atoms with E-state index in [-0.39, 0.29) is 23.2 Å². The number of nitrogens with two attached hydrogens (primary N) is 1. The molecule has 1 aromatic carbocycles. The minimum Gasteiger partial charge on any atom is -0.343 e. The van der Waals surface area contributed by atoms with Crippen molar-refractivity contribution < 1.29 is 31.9 Å². The van der Waals surface area contributed by atoms with Gasteiger partial charge in [0.05, 0.1) is 12.1 Å². The molecule has 2 fully saturated rings. The summed E-state index contributed by atoms with van der Waals surface area (Å²) in [6, 6.07) is 1.97. The molecule has 2 aliphatic rings. The zero-order valence-corrected chi connectivity index (χ0v) is 22.3. The number of halogens is 4. The van der Waals surface area contributed by atoms with Crippen molar-refractivity contribution in [1.29, 1.82) is 0 Å². The number of carbonyl (C=O) groups is 3. The van der Waals surface area contributed by atoms with Crippen molar-refractivity contribution in [2.45, 2.75) is 70.3 Å². The second-order valence-corrected chi connectivity index (χ2v) is 10.8. The minimum atomic E-state index is -4.71. The van der Waals surface area contributed by atoms with Gasteiger partial charge in [0.1, 0.15) is 23.6 Å². The molecular formula is C27H34F4N6O3. The first kappa shape index (κ1) is 29.5. The van der Waals surface area contributed by atoms with E-state index < -0.39 is 54.8 Å². The zero-order valence-electron chi connectivity index (χ0n) is 22.3. The Kier molecular flexibility index (Phi) is 8.81. The summed E-state index contributed by atoms with van der Waals surface area (Å²) >= 11 is 0. The monoisotopic (exact) mass is 566 g/mol. The van der Waals surface area contributed by atoms with E-state index in [0.717, 1.165) is 31.7 Å². The van der Waals surface area contributed by atoms with Crippen molar-refractivity contribution in [3.8, 4) is 0 Å². The third kappa shape index (κ3) is 7.18. The van der Waals surface area contributed by atoms with Gasteiger partial charge < -0.3 is 21.7 Å². The fourth-order valence-corrected chi connectivity index (χ4v) is 5.03. The first-order valence-electron chi connectivity index (χ1n) is 13.4. The molecule has 9 nitrogen and oxygen atoms in total. The maximum atomic E-state index is 15.0. The standard InChI is InChI=1S/C27H34F4N6O3/c1-14(2)37-20(9-10-33-37)25(39)36-24(23(16-4-5-16)17-6-7-17)26(40)34-19-8-3-15(11-18(19)28)12-22(38)35-21(13-32)27(29,30)31/h3,8-11,14,16-17,21,23-24H,4-7,12-13,32H2,1-2H3,(H,34,40)(H,35,38)(H,36,39). The van der Waals surface area contributed by atoms with Crippen molar-refractivity contribution in [2.75, 3.05) is 11.9 Å². The third-order valence-corrected chi connectivity index (χ3v) is 7.30. The molecule has 0 aliphatic heterocycles. The lowest BCUT2D eigenvalue weighted by Gasteiger charge is -2.28. The molecule has 2 saturated carbocycles. The van der Waals surface area contributed by atoms with Crippen LogP contribution in [0.2, 0.25) is 0 Å². The van der Waals surface area contributed by atoms with Crippen LogP contribution in [0.4, 0.5) is 23.2 Å². The van der Waals surface area contributed by atoms with Gasteiger partial charge in [-0.2, -0.15) is 18.3 Å². The summed E-state index contributed by atoms with van der Waals surface area (Å²) in [5, 5.41) is 11.4. The molecule has 3 amide bonds. The molecule has 13 heteroatoms. The summed E-state index contributed by atoms with van der Waals surface area (Å²) in [5.41, 5.74) is 5.36. The highest BCUT2D eigenvalue weighted by Crippen LogP contribution is 2.51. The van der Waals surface area contributed by atoms with Crippen LogP contribution in [0.5, 0.6) is 0 Å². The maximum Gasteiger partial charge on any atom is 0.409 e. The number of amides is 3. The number of benzene rings is 1. The van der Waals surface area contributed by atoms with E-state index in [1.807, 2.05) is 13.8 Å². The normalized spacial score (nSPS) is 17.0. The van der Waals surface area contributed by atoms with E-state index in [4.69, 9.17) is 5.73 Å². The molecule has 1 aromatic heterocycles. The predicted octanol–water partition coefficient (Wildman–Crippen LogP) is 3.32. The molecule has 2 aliphatic carbocycles. The van der Waals surface area contributed by atoms with E-state index in [9.17, 15) is 31.9 Å². The van der Waals surface area contributed by atoms with Crippen LogP contribution in [0.3, 0.4) is 0 Å². The second-order valence-electron chi connectivity index (χ2n) is 10.8. The molecule has 4 rings (SSSR count). The summed E-state index contributed by atoms with van der Waals surface area (Å²) in [4.78, 5) is 38.8. The predicted molar refractivity (Wildman–Crippen MR) is 139 cm³/mol. The van der Waals surface area contributed by atoms with Crippen molar-refractivity contribution >= 4 is 23.4 Å². The van der Waals surface area contributed by atoms with E-state index in [1.165, 1.54) is 18.3 Å². The Balaban J connectivity index is 1.47. The highest BCUT2D eigenvalue weighted by atomic mass is 19.4. The van der Waals surface area contributed by atoms with E-state index >= 15 is 0 Å². The first-order chi connectivity index (χ1) is 18.9. The Hall–Kier alpha value is -3.48. The van der Waals surface area contributed by atoms with Gasteiger partial charge in [-0.05, 0) is 81.0 Å². The lowest BCUT2D eigenvalue weighted by atomic mass is 9.88. The Labute approximate surface area is 229 Å². The van der Waals surface area contributed by atoms with Crippen LogP contribution >= 0.6 is 0 Å². The second kappa shape index (κ2) is 11.9. The summed E-state index contributed by atoms with van der Waals surface area (Å²) in [5.74, 6) is -2.35. The van der Waals surface area contributed by atoms with Crippen LogP contribution in [0.25, 0.3) is 0 Å². The van der Waals surface area contributed by atoms with Gasteiger partial charge in [0, 0.05) is 18.8 Å². The smallest absolute Gasteiger partial charge is 0.343 e. The lowest BCUT2D eigenvalue weighted by Crippen LogP contribution is -2.50. The van der Waals surface area contributed by atoms with Gasteiger partial charge in [-0.1, -0.05) is 6.07 Å². The van der Waals surface area contributed by atoms with Crippen molar-refractivity contribution in [1.82, 2.24) is 20.4 Å². The van der Waals surface area contributed by atoms with E-state index in [0.29, 0.717) is 17.5 Å². The molecule has 2 atom stereocenters. The Morgan fingerprint density at radius 3 is 2.25 bits per heavy atom. The largest absolute Gasteiger partial charge is 0.409 e. The van der Waals surface area contributed by atoms with Crippen LogP contribution in [0, 0.1) is 23.6 Å². The molecule has 1 heterocycles. The lowest BCUT2D eigenvalue weighted by molar-refractivity contribution is -0.159. The number of hydrogen-bond acceptors (Lipinski definition) is 5. The molecule has 40 heavy (non-hydrogen) atoms. The first-order valence-corrected chi connectivity index (χ1v) is 13.4. The van der Waals surface area contributed by atoms with Gasteiger partial charge in [-0.25, -0.2) is 4.39 Å². The summed E-state index contributed by atoms with van der Waals surface area (Å²) in [7, 11) is 0. The van der Waals surface area contributed by atoms with Crippen molar-refractivity contribution in [2.24, 2.45) is 23.5 Å². The number of hydrogen-bond donors (Lipinski definition) is 4. The quantitative estimate of drug-likeness (QED) is 0.293. The highest BCUT2D eigenvalue weighted by Gasteiger charge is 2.48. The van der Waals surface area contributed by atoms with Crippen molar-refractivity contribution in [3.05, 3.63) is 47.5 Å². The third-order valence-electron chi connectivity index (χ3n) is 7.30. The maximum absolute atomic E-state index is 15.0. The molecule has 5 N–H and O–H groups in total. The molecule has 0 spiro atoms. The number of anilines is 1. The van der Waals surface area contributed by atoms with Crippen LogP contribution in [0.1, 0.15) is 61.6 Å². The Bertz CT molecular complexity index is 1230. The number of alkyl halides is 3. The fraction of sp³-hybridized carbons (Fsp3) is 0.556. The topological polar surface area (TPSA) is 131 Å². The van der Waals surface area contributed by atoms with Crippen LogP contribution in [-0.2, 0) is 16.0 Å². The molecule has 2 unspecified atom stereocenters. The number of nitrogens with one attached hydrogen (secondary N) is 3. The number of rotatable bonds is 12. The highest BCUT2D eigenvalue weighted by molar-refractivity contribution is 6.01. The van der Waals surface area contributed by atoms with E-state index in [2.05, 4.69) is 15.7 Å². The summed E-state index contributed by atoms with van der Waals surface area (Å²) < 4.78 is 55.2. The van der Waals surface area contributed by atoms with Gasteiger partial charge in [0.2, 0.25) is 11.8 Å². The van der Waals surface area contributed by atoms with Gasteiger partial charge >= 0.3 is 6.18 Å². The molecule has 0 bridgehead atoms. The molecule has 218 valence electrons. The SMILES string of the molecule is CC(C)n1nccc1C(=O)NC(C(=O)Nc1ccc(CC(=O)NC(CN)C(F)(F)F)cc1F)C(C1CC1)C1CC1. The van der Waals surface area contributed by atoms with Gasteiger partial charge in [-0.15, -0.1) is 0 Å². The number of aromatic nitrogens is 2. The number of carbonyl (C=O) groups excluding carboxylic acids is 3. The number of nitrogens with zero attached hydrogens (tertiary/aromatic N) is 2. The molecule has 0 saturated heterocycles. The average Bonchev–Trinajstić information content (AvgIpc) is 3.82. The average molecular weight is 567 g/mol. The van der Waals surface area contributed by atoms with Crippen LogP contribution < -0.4 is 21.7 Å². The fourth-order valence-electron chi connectivity index (χ4n) is 5.03. The van der Waals surface area contributed by atoms with Crippen LogP contribution in [-0.4, -0.2) is 52.3 Å². The van der Waals surface area contributed by atoms with Gasteiger partial charge in [0.15, 0.2) is 0 Å². The van der Waals surface area contributed by atoms with E-state index in [1.54, 1.807) is 16.1 Å². The Morgan fingerprint density at radius 2 is 1.73 bits per heavy atom. The summed E-state index contributed by atoms with van der Waals surface area (Å²) in [6.45, 7) is 2.94. The minimum absolute atomic E-state index is 0.0740. The summed E-state index contributed by atoms with van der Waals surface area (Å²) in [6.07, 6.45) is 0.114. The molecule has 2 aromatic rings. The van der Waals surface area contributed by atoms with Crippen LogP contribution in [0.15, 0.2) is 30.5 Å². The molecular weight excluding hydrogens is 532 g/mol. The molecule has 0 radical (unpaired) electrons. The van der Waals surface area contributed by atoms with Crippen molar-refractivity contribution in [3.63, 3.8) is 0 Å². The zero-order chi connectivity index (χ0) is 29.2. The Morgan fingerprint density at radius 1 is 1.07 bits per heavy atom.